The Labute approximate surface area is 142 Å². The maximum absolute atomic E-state index is 5.68. The van der Waals surface area contributed by atoms with E-state index in [9.17, 15) is 0 Å². The van der Waals surface area contributed by atoms with E-state index < -0.39 is 0 Å². The van der Waals surface area contributed by atoms with Crippen LogP contribution < -0.4 is 4.74 Å². The van der Waals surface area contributed by atoms with Crippen LogP contribution in [0.2, 0.25) is 0 Å². The van der Waals surface area contributed by atoms with Crippen LogP contribution in [0.1, 0.15) is 11.1 Å². The van der Waals surface area contributed by atoms with E-state index in [-0.39, 0.29) is 0 Å². The number of hydrogen-bond donors (Lipinski definition) is 0. The van der Waals surface area contributed by atoms with Gasteiger partial charge in [0.2, 0.25) is 0 Å². The Kier molecular flexibility index (Phi) is 5.69. The van der Waals surface area contributed by atoms with Gasteiger partial charge in [-0.25, -0.2) is 0 Å². The molecule has 2 aromatic rings. The van der Waals surface area contributed by atoms with Gasteiger partial charge in [-0.15, -0.1) is 0 Å². The minimum atomic E-state index is 0.609. The zero-order chi connectivity index (χ0) is 16.6. The number of ether oxygens (including phenoxy) is 3. The second-order valence-electron chi connectivity index (χ2n) is 5.65. The van der Waals surface area contributed by atoms with Crippen molar-refractivity contribution in [2.24, 2.45) is 0 Å². The van der Waals surface area contributed by atoms with Crippen molar-refractivity contribution < 1.29 is 14.2 Å². The van der Waals surface area contributed by atoms with Crippen molar-refractivity contribution in [2.45, 2.75) is 13.1 Å². The summed E-state index contributed by atoms with van der Waals surface area (Å²) in [4.78, 5) is 6.40. The zero-order valence-electron chi connectivity index (χ0n) is 13.9. The Morgan fingerprint density at radius 3 is 2.29 bits per heavy atom. The largest absolute Gasteiger partial charge is 0.497 e. The lowest BCUT2D eigenvalue weighted by molar-refractivity contribution is 0.0672. The average Bonchev–Trinajstić information content (AvgIpc) is 2.64. The van der Waals surface area contributed by atoms with Crippen LogP contribution in [0.5, 0.6) is 5.75 Å². The molecule has 0 aliphatic carbocycles. The van der Waals surface area contributed by atoms with Crippen LogP contribution in [-0.2, 0) is 22.6 Å². The van der Waals surface area contributed by atoms with Crippen molar-refractivity contribution in [2.75, 3.05) is 26.9 Å². The third-order valence-electron chi connectivity index (χ3n) is 3.80. The zero-order valence-corrected chi connectivity index (χ0v) is 13.9. The number of benzene rings is 1. The van der Waals surface area contributed by atoms with Gasteiger partial charge in [-0.1, -0.05) is 12.1 Å². The third-order valence-corrected chi connectivity index (χ3v) is 3.80. The predicted octanol–water partition coefficient (Wildman–Crippen LogP) is 2.98. The number of nitrogens with zero attached hydrogens (tertiary/aromatic N) is 2. The molecule has 1 aromatic carbocycles. The van der Waals surface area contributed by atoms with E-state index in [4.69, 9.17) is 14.2 Å². The summed E-state index contributed by atoms with van der Waals surface area (Å²) in [7, 11) is 1.68. The Morgan fingerprint density at radius 2 is 1.67 bits per heavy atom. The number of hydrogen-bond acceptors (Lipinski definition) is 5. The van der Waals surface area contributed by atoms with Crippen molar-refractivity contribution in [1.82, 2.24) is 9.88 Å². The Balaban J connectivity index is 1.71. The fourth-order valence-electron chi connectivity index (χ4n) is 2.61. The summed E-state index contributed by atoms with van der Waals surface area (Å²) in [6.07, 6.45) is 5.36. The van der Waals surface area contributed by atoms with Gasteiger partial charge < -0.3 is 14.2 Å². The summed E-state index contributed by atoms with van der Waals surface area (Å²) in [6, 6.07) is 12.2. The Bertz CT molecular complexity index is 656. The molecular weight excluding hydrogens is 304 g/mol. The van der Waals surface area contributed by atoms with E-state index in [0.717, 1.165) is 24.6 Å². The van der Waals surface area contributed by atoms with Crippen molar-refractivity contribution in [3.8, 4) is 5.75 Å². The third kappa shape index (κ3) is 4.73. The minimum Gasteiger partial charge on any atom is -0.497 e. The molecule has 1 aliphatic heterocycles. The molecule has 0 N–H and O–H groups in total. The first-order valence-corrected chi connectivity index (χ1v) is 8.01. The normalized spacial score (nSPS) is 13.8. The molecule has 24 heavy (non-hydrogen) atoms. The van der Waals surface area contributed by atoms with Crippen LogP contribution in [0.4, 0.5) is 0 Å². The molecule has 3 rings (SSSR count). The molecule has 0 unspecified atom stereocenters. The fourth-order valence-corrected chi connectivity index (χ4v) is 2.61. The molecule has 0 amide bonds. The minimum absolute atomic E-state index is 0.609. The summed E-state index contributed by atoms with van der Waals surface area (Å²) in [5.74, 6) is 1.73. The second-order valence-corrected chi connectivity index (χ2v) is 5.65. The molecule has 0 bridgehead atoms. The highest BCUT2D eigenvalue weighted by atomic mass is 16.6. The van der Waals surface area contributed by atoms with Crippen molar-refractivity contribution in [3.05, 3.63) is 71.9 Å². The van der Waals surface area contributed by atoms with Gasteiger partial charge in [0.15, 0.2) is 0 Å². The first-order valence-electron chi connectivity index (χ1n) is 8.01. The molecule has 5 nitrogen and oxygen atoms in total. The highest BCUT2D eigenvalue weighted by Gasteiger charge is 2.13. The lowest BCUT2D eigenvalue weighted by Crippen LogP contribution is -2.27. The summed E-state index contributed by atoms with van der Waals surface area (Å²) in [5, 5.41) is 0. The molecule has 0 saturated heterocycles. The number of methoxy groups -OCH3 is 1. The van der Waals surface area contributed by atoms with Gasteiger partial charge in [-0.05, 0) is 35.4 Å². The average molecular weight is 326 g/mol. The highest BCUT2D eigenvalue weighted by Crippen LogP contribution is 2.16. The van der Waals surface area contributed by atoms with Crippen LogP contribution in [0.25, 0.3) is 0 Å². The number of pyridine rings is 1. The number of aromatic nitrogens is 1. The van der Waals surface area contributed by atoms with E-state index in [1.165, 1.54) is 11.1 Å². The maximum atomic E-state index is 5.68. The van der Waals surface area contributed by atoms with E-state index in [0.29, 0.717) is 19.8 Å². The van der Waals surface area contributed by atoms with E-state index >= 15 is 0 Å². The molecule has 0 saturated carbocycles. The number of rotatable bonds is 7. The highest BCUT2D eigenvalue weighted by molar-refractivity contribution is 5.27. The molecule has 0 radical (unpaired) electrons. The van der Waals surface area contributed by atoms with E-state index in [1.54, 1.807) is 13.4 Å². The molecule has 2 heterocycles. The van der Waals surface area contributed by atoms with Crippen molar-refractivity contribution in [3.63, 3.8) is 0 Å². The molecule has 5 heteroatoms. The van der Waals surface area contributed by atoms with Crippen molar-refractivity contribution in [1.29, 1.82) is 0 Å². The first kappa shape index (κ1) is 16.3. The summed E-state index contributed by atoms with van der Waals surface area (Å²) >= 11 is 0. The molecule has 1 aromatic heterocycles. The Hall–Kier alpha value is -2.53. The lowest BCUT2D eigenvalue weighted by atomic mass is 10.1. The predicted molar refractivity (Wildman–Crippen MR) is 91.3 cm³/mol. The van der Waals surface area contributed by atoms with Gasteiger partial charge in [0.1, 0.15) is 31.0 Å². The van der Waals surface area contributed by atoms with Crippen LogP contribution in [-0.4, -0.2) is 36.8 Å². The summed E-state index contributed by atoms with van der Waals surface area (Å²) in [5.41, 5.74) is 2.44. The van der Waals surface area contributed by atoms with Gasteiger partial charge in [0.25, 0.3) is 0 Å². The van der Waals surface area contributed by atoms with Crippen LogP contribution in [0, 0.1) is 0 Å². The molecule has 1 aliphatic rings. The van der Waals surface area contributed by atoms with Crippen LogP contribution in [0.15, 0.2) is 60.8 Å². The fraction of sp³-hybridized carbons (Fsp3) is 0.316. The van der Waals surface area contributed by atoms with Crippen LogP contribution in [0.3, 0.4) is 0 Å². The standard InChI is InChI=1S/C19H22N2O3/c1-22-18-4-2-16(3-5-18)12-21(13-17-6-8-20-9-7-17)14-19-15-23-10-11-24-19/h2-9,15H,10-14H2,1H3. The van der Waals surface area contributed by atoms with Crippen LogP contribution >= 0.6 is 0 Å². The maximum Gasteiger partial charge on any atom is 0.144 e. The quantitative estimate of drug-likeness (QED) is 0.782. The monoisotopic (exact) mass is 326 g/mol. The first-order chi connectivity index (χ1) is 11.8. The van der Waals surface area contributed by atoms with E-state index in [2.05, 4.69) is 22.0 Å². The Morgan fingerprint density at radius 1 is 0.958 bits per heavy atom. The van der Waals surface area contributed by atoms with Gasteiger partial charge >= 0.3 is 0 Å². The second kappa shape index (κ2) is 8.36. The van der Waals surface area contributed by atoms with Gasteiger partial charge in [-0.2, -0.15) is 0 Å². The molecule has 0 spiro atoms. The molecular formula is C19H22N2O3. The lowest BCUT2D eigenvalue weighted by Gasteiger charge is -2.25. The van der Waals surface area contributed by atoms with Gasteiger partial charge in [-0.3, -0.25) is 9.88 Å². The summed E-state index contributed by atoms with van der Waals surface area (Å²) < 4.78 is 16.3. The van der Waals surface area contributed by atoms with E-state index in [1.807, 2.05) is 36.7 Å². The molecule has 0 fully saturated rings. The topological polar surface area (TPSA) is 43.8 Å². The SMILES string of the molecule is COc1ccc(CN(CC2=COCCO2)Cc2ccncc2)cc1. The summed E-state index contributed by atoms with van der Waals surface area (Å²) in [6.45, 7) is 3.56. The molecule has 126 valence electrons. The van der Waals surface area contributed by atoms with Crippen molar-refractivity contribution >= 4 is 0 Å². The van der Waals surface area contributed by atoms with Gasteiger partial charge in [0.05, 0.1) is 13.7 Å². The smallest absolute Gasteiger partial charge is 0.144 e. The van der Waals surface area contributed by atoms with Gasteiger partial charge in [0, 0.05) is 25.5 Å². The molecule has 0 atom stereocenters.